The molecule has 1 unspecified atom stereocenters. The van der Waals surface area contributed by atoms with Gasteiger partial charge >= 0.3 is 0 Å². The molecule has 6 nitrogen and oxygen atoms in total. The Bertz CT molecular complexity index is 363. The molecule has 0 spiro atoms. The van der Waals surface area contributed by atoms with E-state index in [-0.39, 0.29) is 24.4 Å². The molecule has 0 saturated carbocycles. The number of nitrogens with two attached hydrogens (primary N) is 1. The highest BCUT2D eigenvalue weighted by Crippen LogP contribution is 2.20. The summed E-state index contributed by atoms with van der Waals surface area (Å²) in [7, 11) is 0. The van der Waals surface area contributed by atoms with Gasteiger partial charge in [-0.25, -0.2) is 0 Å². The number of hydrogen-bond donors (Lipinski definition) is 3. The van der Waals surface area contributed by atoms with E-state index in [4.69, 9.17) is 10.8 Å². The Morgan fingerprint density at radius 1 is 1.80 bits per heavy atom. The largest absolute Gasteiger partial charge is 0.394 e. The van der Waals surface area contributed by atoms with Crippen LogP contribution in [0.5, 0.6) is 0 Å². The lowest BCUT2D eigenvalue weighted by Crippen LogP contribution is -2.37. The Morgan fingerprint density at radius 2 is 2.60 bits per heavy atom. The van der Waals surface area contributed by atoms with Gasteiger partial charge in [-0.3, -0.25) is 9.89 Å². The maximum absolute atomic E-state index is 12.0. The molecule has 15 heavy (non-hydrogen) atoms. The molecule has 1 aliphatic heterocycles. The number of rotatable bonds is 2. The molecule has 2 rings (SSSR count). The summed E-state index contributed by atoms with van der Waals surface area (Å²) in [5.74, 6) is 0.126. The van der Waals surface area contributed by atoms with E-state index in [0.717, 1.165) is 12.8 Å². The van der Waals surface area contributed by atoms with E-state index in [1.807, 2.05) is 0 Å². The third kappa shape index (κ3) is 1.68. The summed E-state index contributed by atoms with van der Waals surface area (Å²) in [5.41, 5.74) is 5.95. The normalized spacial score (nSPS) is 20.9. The molecule has 0 aromatic carbocycles. The number of aliphatic hydroxyl groups is 1. The highest BCUT2D eigenvalue weighted by atomic mass is 16.3. The van der Waals surface area contributed by atoms with Gasteiger partial charge in [-0.05, 0) is 12.8 Å². The van der Waals surface area contributed by atoms with Crippen molar-refractivity contribution in [1.82, 2.24) is 15.1 Å². The third-order valence-corrected chi connectivity index (χ3v) is 2.75. The summed E-state index contributed by atoms with van der Waals surface area (Å²) in [4.78, 5) is 13.6. The van der Waals surface area contributed by atoms with Crippen molar-refractivity contribution in [2.45, 2.75) is 18.9 Å². The molecular formula is C9H14N4O2. The number of nitrogens with zero attached hydrogens (tertiary/aromatic N) is 2. The van der Waals surface area contributed by atoms with E-state index < -0.39 is 0 Å². The molecule has 1 amide bonds. The van der Waals surface area contributed by atoms with Gasteiger partial charge in [0.05, 0.1) is 18.8 Å². The Balaban J connectivity index is 2.18. The number of carbonyl (C=O) groups excluding carboxylic acids is 1. The first-order valence-corrected chi connectivity index (χ1v) is 4.94. The van der Waals surface area contributed by atoms with Crippen molar-refractivity contribution in [1.29, 1.82) is 0 Å². The molecule has 1 atom stereocenters. The van der Waals surface area contributed by atoms with Crippen LogP contribution in [0, 0.1) is 0 Å². The Morgan fingerprint density at radius 3 is 3.20 bits per heavy atom. The number of nitrogen functional groups attached to an aromatic ring is 1. The van der Waals surface area contributed by atoms with E-state index in [1.165, 1.54) is 6.20 Å². The average Bonchev–Trinajstić information content (AvgIpc) is 2.84. The standard InChI is InChI=1S/C9H14N4O2/c10-8-7(4-11-12-8)9(15)13-3-1-2-6(13)5-14/h4,6,14H,1-3,5H2,(H3,10,11,12). The number of anilines is 1. The Labute approximate surface area is 87.1 Å². The predicted molar refractivity (Wildman–Crippen MR) is 54.1 cm³/mol. The Hall–Kier alpha value is -1.56. The lowest BCUT2D eigenvalue weighted by Gasteiger charge is -2.22. The van der Waals surface area contributed by atoms with Gasteiger partial charge in [0.15, 0.2) is 0 Å². The fourth-order valence-electron chi connectivity index (χ4n) is 1.91. The Kier molecular flexibility index (Phi) is 2.59. The number of aliphatic hydroxyl groups excluding tert-OH is 1. The maximum atomic E-state index is 12.0. The molecular weight excluding hydrogens is 196 g/mol. The molecule has 4 N–H and O–H groups in total. The minimum Gasteiger partial charge on any atom is -0.394 e. The molecule has 1 saturated heterocycles. The summed E-state index contributed by atoms with van der Waals surface area (Å²) in [5, 5.41) is 15.3. The maximum Gasteiger partial charge on any atom is 0.259 e. The fraction of sp³-hybridized carbons (Fsp3) is 0.556. The van der Waals surface area contributed by atoms with Crippen LogP contribution in [0.25, 0.3) is 0 Å². The van der Waals surface area contributed by atoms with Crippen LogP contribution in [0.4, 0.5) is 5.82 Å². The van der Waals surface area contributed by atoms with Crippen LogP contribution < -0.4 is 5.73 Å². The molecule has 1 fully saturated rings. The predicted octanol–water partition coefficient (Wildman–Crippen LogP) is -0.411. The molecule has 2 heterocycles. The highest BCUT2D eigenvalue weighted by molar-refractivity contribution is 5.98. The highest BCUT2D eigenvalue weighted by Gasteiger charge is 2.30. The van der Waals surface area contributed by atoms with Crippen LogP contribution >= 0.6 is 0 Å². The molecule has 82 valence electrons. The molecule has 6 heteroatoms. The average molecular weight is 210 g/mol. The van der Waals surface area contributed by atoms with Crippen molar-refractivity contribution in [3.8, 4) is 0 Å². The van der Waals surface area contributed by atoms with E-state index in [1.54, 1.807) is 4.90 Å². The zero-order valence-electron chi connectivity index (χ0n) is 8.31. The zero-order valence-corrected chi connectivity index (χ0v) is 8.31. The van der Waals surface area contributed by atoms with Gasteiger partial charge < -0.3 is 15.7 Å². The topological polar surface area (TPSA) is 95.2 Å². The van der Waals surface area contributed by atoms with Crippen LogP contribution in [-0.2, 0) is 0 Å². The van der Waals surface area contributed by atoms with Crippen LogP contribution in [0.3, 0.4) is 0 Å². The summed E-state index contributed by atoms with van der Waals surface area (Å²) < 4.78 is 0. The van der Waals surface area contributed by atoms with Crippen molar-refractivity contribution in [3.63, 3.8) is 0 Å². The smallest absolute Gasteiger partial charge is 0.259 e. The number of aromatic nitrogens is 2. The summed E-state index contributed by atoms with van der Waals surface area (Å²) in [6.45, 7) is 0.679. The number of carbonyl (C=O) groups is 1. The minimum atomic E-state index is -0.155. The van der Waals surface area contributed by atoms with Crippen LogP contribution in [-0.4, -0.2) is 45.3 Å². The fourth-order valence-corrected chi connectivity index (χ4v) is 1.91. The molecule has 0 aliphatic carbocycles. The van der Waals surface area contributed by atoms with Gasteiger partial charge in [-0.2, -0.15) is 5.10 Å². The molecule has 0 bridgehead atoms. The van der Waals surface area contributed by atoms with E-state index >= 15 is 0 Å². The number of likely N-dealkylation sites (tertiary alicyclic amines) is 1. The first kappa shape index (κ1) is 9.97. The first-order chi connectivity index (χ1) is 7.24. The second-order valence-electron chi connectivity index (χ2n) is 3.67. The summed E-state index contributed by atoms with van der Waals surface area (Å²) >= 11 is 0. The SMILES string of the molecule is Nc1[nH]ncc1C(=O)N1CCCC1CO. The monoisotopic (exact) mass is 210 g/mol. The van der Waals surface area contributed by atoms with Crippen molar-refractivity contribution in [3.05, 3.63) is 11.8 Å². The van der Waals surface area contributed by atoms with E-state index in [0.29, 0.717) is 12.1 Å². The first-order valence-electron chi connectivity index (χ1n) is 4.94. The van der Waals surface area contributed by atoms with E-state index in [9.17, 15) is 4.79 Å². The van der Waals surface area contributed by atoms with Gasteiger partial charge in [0.1, 0.15) is 11.4 Å². The number of H-pyrrole nitrogens is 1. The van der Waals surface area contributed by atoms with Crippen molar-refractivity contribution >= 4 is 11.7 Å². The van der Waals surface area contributed by atoms with Crippen molar-refractivity contribution in [2.75, 3.05) is 18.9 Å². The minimum absolute atomic E-state index is 0.00347. The van der Waals surface area contributed by atoms with Gasteiger partial charge in [-0.15, -0.1) is 0 Å². The molecule has 1 aromatic heterocycles. The van der Waals surface area contributed by atoms with Gasteiger partial charge in [0, 0.05) is 6.54 Å². The molecule has 1 aliphatic rings. The second kappa shape index (κ2) is 3.90. The third-order valence-electron chi connectivity index (χ3n) is 2.75. The summed E-state index contributed by atoms with van der Waals surface area (Å²) in [6.07, 6.45) is 3.19. The van der Waals surface area contributed by atoms with Crippen LogP contribution in [0.15, 0.2) is 6.20 Å². The van der Waals surface area contributed by atoms with Gasteiger partial charge in [0.2, 0.25) is 0 Å². The molecule has 1 aromatic rings. The van der Waals surface area contributed by atoms with Crippen molar-refractivity contribution in [2.24, 2.45) is 0 Å². The number of nitrogens with one attached hydrogen (secondary N) is 1. The number of amides is 1. The molecule has 0 radical (unpaired) electrons. The lowest BCUT2D eigenvalue weighted by molar-refractivity contribution is 0.0678. The van der Waals surface area contributed by atoms with Gasteiger partial charge in [0.25, 0.3) is 5.91 Å². The second-order valence-corrected chi connectivity index (χ2v) is 3.67. The van der Waals surface area contributed by atoms with Crippen molar-refractivity contribution < 1.29 is 9.90 Å². The van der Waals surface area contributed by atoms with Crippen LogP contribution in [0.2, 0.25) is 0 Å². The zero-order chi connectivity index (χ0) is 10.8. The number of hydrogen-bond acceptors (Lipinski definition) is 4. The lowest BCUT2D eigenvalue weighted by atomic mass is 10.2. The quantitative estimate of drug-likeness (QED) is 0.618. The van der Waals surface area contributed by atoms with Crippen LogP contribution in [0.1, 0.15) is 23.2 Å². The van der Waals surface area contributed by atoms with Gasteiger partial charge in [-0.1, -0.05) is 0 Å². The van der Waals surface area contributed by atoms with E-state index in [2.05, 4.69) is 10.2 Å². The number of aromatic amines is 1. The summed E-state index contributed by atoms with van der Waals surface area (Å²) in [6, 6.07) is -0.0770.